The summed E-state index contributed by atoms with van der Waals surface area (Å²) < 4.78 is 0. The van der Waals surface area contributed by atoms with E-state index in [1.54, 1.807) is 0 Å². The fourth-order valence-electron chi connectivity index (χ4n) is 2.51. The molecular formula is C21H34N2. The fraction of sp³-hybridized carbons (Fsp3) is 0.476. The van der Waals surface area contributed by atoms with E-state index < -0.39 is 0 Å². The molecule has 0 fully saturated rings. The molecule has 1 heterocycles. The SMILES string of the molecule is CC.CC.CNC.c1ccc2c(c1)CCc1ccncc1CC2. The van der Waals surface area contributed by atoms with Crippen molar-refractivity contribution >= 4 is 0 Å². The summed E-state index contributed by atoms with van der Waals surface area (Å²) in [7, 11) is 3.75. The van der Waals surface area contributed by atoms with Crippen molar-refractivity contribution in [2.75, 3.05) is 14.1 Å². The number of fused-ring (bicyclic) bond motifs is 2. The Morgan fingerprint density at radius 2 is 1.09 bits per heavy atom. The summed E-state index contributed by atoms with van der Waals surface area (Å²) >= 11 is 0. The Bertz CT molecular complexity index is 427. The van der Waals surface area contributed by atoms with Crippen LogP contribution < -0.4 is 5.32 Å². The van der Waals surface area contributed by atoms with Gasteiger partial charge in [0.1, 0.15) is 0 Å². The van der Waals surface area contributed by atoms with E-state index in [1.807, 2.05) is 54.2 Å². The maximum atomic E-state index is 4.23. The smallest absolute Gasteiger partial charge is 0.0302 e. The van der Waals surface area contributed by atoms with Crippen molar-refractivity contribution < 1.29 is 0 Å². The summed E-state index contributed by atoms with van der Waals surface area (Å²) in [5.74, 6) is 0. The first kappa shape index (κ1) is 21.3. The van der Waals surface area contributed by atoms with Crippen LogP contribution in [0.3, 0.4) is 0 Å². The molecule has 0 saturated carbocycles. The zero-order chi connectivity index (χ0) is 17.5. The monoisotopic (exact) mass is 314 g/mol. The molecule has 1 aromatic heterocycles. The van der Waals surface area contributed by atoms with Gasteiger partial charge >= 0.3 is 0 Å². The molecular weight excluding hydrogens is 280 g/mol. The second-order valence-corrected chi connectivity index (χ2v) is 4.91. The van der Waals surface area contributed by atoms with Gasteiger partial charge in [-0.3, -0.25) is 4.98 Å². The molecule has 0 unspecified atom stereocenters. The molecule has 1 N–H and O–H groups in total. The van der Waals surface area contributed by atoms with Crippen molar-refractivity contribution in [1.82, 2.24) is 10.3 Å². The van der Waals surface area contributed by atoms with Crippen molar-refractivity contribution in [1.29, 1.82) is 0 Å². The lowest BCUT2D eigenvalue weighted by molar-refractivity contribution is 0.833. The van der Waals surface area contributed by atoms with Crippen LogP contribution in [-0.2, 0) is 25.7 Å². The minimum Gasteiger partial charge on any atom is -0.323 e. The van der Waals surface area contributed by atoms with Gasteiger partial charge in [-0.05, 0) is 68.1 Å². The van der Waals surface area contributed by atoms with E-state index in [2.05, 4.69) is 40.6 Å². The number of nitrogens with zero attached hydrogens (tertiary/aromatic N) is 1. The average Bonchev–Trinajstić information content (AvgIpc) is 2.61. The molecule has 0 spiro atoms. The molecule has 0 bridgehead atoms. The summed E-state index contributed by atoms with van der Waals surface area (Å²) in [6.45, 7) is 8.00. The van der Waals surface area contributed by atoms with Crippen LogP contribution in [0.4, 0.5) is 0 Å². The number of benzene rings is 1. The van der Waals surface area contributed by atoms with Crippen molar-refractivity contribution in [3.05, 3.63) is 65.0 Å². The van der Waals surface area contributed by atoms with Crippen LogP contribution in [-0.4, -0.2) is 19.1 Å². The van der Waals surface area contributed by atoms with E-state index >= 15 is 0 Å². The van der Waals surface area contributed by atoms with Crippen molar-refractivity contribution in [3.8, 4) is 0 Å². The Morgan fingerprint density at radius 1 is 0.696 bits per heavy atom. The molecule has 1 aliphatic carbocycles. The van der Waals surface area contributed by atoms with Gasteiger partial charge in [-0.15, -0.1) is 0 Å². The summed E-state index contributed by atoms with van der Waals surface area (Å²) in [5, 5.41) is 2.75. The van der Waals surface area contributed by atoms with E-state index in [4.69, 9.17) is 0 Å². The molecule has 1 aliphatic rings. The van der Waals surface area contributed by atoms with Gasteiger partial charge < -0.3 is 5.32 Å². The van der Waals surface area contributed by atoms with E-state index in [9.17, 15) is 0 Å². The number of nitrogens with one attached hydrogen (secondary N) is 1. The van der Waals surface area contributed by atoms with Gasteiger partial charge in [0.25, 0.3) is 0 Å². The lowest BCUT2D eigenvalue weighted by Gasteiger charge is -2.16. The molecule has 2 aromatic rings. The second-order valence-electron chi connectivity index (χ2n) is 4.91. The summed E-state index contributed by atoms with van der Waals surface area (Å²) in [6.07, 6.45) is 8.52. The highest BCUT2D eigenvalue weighted by atomic mass is 14.7. The second kappa shape index (κ2) is 14.0. The summed E-state index contributed by atoms with van der Waals surface area (Å²) in [6, 6.07) is 11.0. The van der Waals surface area contributed by atoms with E-state index in [0.717, 1.165) is 25.7 Å². The number of rotatable bonds is 0. The van der Waals surface area contributed by atoms with Crippen molar-refractivity contribution in [3.63, 3.8) is 0 Å². The molecule has 0 saturated heterocycles. The minimum atomic E-state index is 1.13. The number of pyridine rings is 1. The molecule has 0 aliphatic heterocycles. The highest BCUT2D eigenvalue weighted by molar-refractivity contribution is 5.33. The molecule has 0 amide bonds. The van der Waals surface area contributed by atoms with Crippen LogP contribution in [0.1, 0.15) is 49.9 Å². The minimum absolute atomic E-state index is 1.13. The topological polar surface area (TPSA) is 24.9 Å². The number of hydrogen-bond donors (Lipinski definition) is 1. The van der Waals surface area contributed by atoms with Gasteiger partial charge in [-0.1, -0.05) is 52.0 Å². The average molecular weight is 315 g/mol. The van der Waals surface area contributed by atoms with Gasteiger partial charge in [0.15, 0.2) is 0 Å². The lowest BCUT2D eigenvalue weighted by atomic mass is 9.90. The Balaban J connectivity index is 0.000000609. The first-order valence-electron chi connectivity index (χ1n) is 8.92. The third-order valence-electron chi connectivity index (χ3n) is 3.45. The normalized spacial score (nSPS) is 11.4. The highest BCUT2D eigenvalue weighted by Crippen LogP contribution is 2.20. The molecule has 3 rings (SSSR count). The van der Waals surface area contributed by atoms with Gasteiger partial charge in [-0.2, -0.15) is 0 Å². The lowest BCUT2D eigenvalue weighted by Crippen LogP contribution is -2.06. The summed E-state index contributed by atoms with van der Waals surface area (Å²) in [5.41, 5.74) is 5.93. The van der Waals surface area contributed by atoms with Crippen LogP contribution in [0, 0.1) is 0 Å². The Kier molecular flexibility index (Phi) is 12.9. The van der Waals surface area contributed by atoms with Crippen LogP contribution in [0.15, 0.2) is 42.7 Å². The van der Waals surface area contributed by atoms with E-state index in [1.165, 1.54) is 22.3 Å². The Labute approximate surface area is 143 Å². The third-order valence-corrected chi connectivity index (χ3v) is 3.45. The predicted octanol–water partition coefficient (Wildman–Crippen LogP) is 4.85. The van der Waals surface area contributed by atoms with Gasteiger partial charge in [0, 0.05) is 12.4 Å². The maximum Gasteiger partial charge on any atom is 0.0302 e. The quantitative estimate of drug-likeness (QED) is 0.751. The number of aryl methyl sites for hydroxylation is 4. The Hall–Kier alpha value is -1.67. The molecule has 0 radical (unpaired) electrons. The zero-order valence-electron chi connectivity index (χ0n) is 15.8. The fourth-order valence-corrected chi connectivity index (χ4v) is 2.51. The van der Waals surface area contributed by atoms with Gasteiger partial charge in [0.05, 0.1) is 0 Å². The van der Waals surface area contributed by atoms with Gasteiger partial charge in [0.2, 0.25) is 0 Å². The van der Waals surface area contributed by atoms with Crippen molar-refractivity contribution in [2.45, 2.75) is 53.4 Å². The Morgan fingerprint density at radius 3 is 1.57 bits per heavy atom. The predicted molar refractivity (Wildman–Crippen MR) is 103 cm³/mol. The van der Waals surface area contributed by atoms with Crippen LogP contribution in [0.25, 0.3) is 0 Å². The van der Waals surface area contributed by atoms with Crippen LogP contribution in [0.5, 0.6) is 0 Å². The van der Waals surface area contributed by atoms with Crippen LogP contribution >= 0.6 is 0 Å². The van der Waals surface area contributed by atoms with Gasteiger partial charge in [-0.25, -0.2) is 0 Å². The molecule has 2 heteroatoms. The standard InChI is InChI=1S/C15H15N.C2H7N.2C2H6/c1-2-4-13-7-8-15-11-16-10-9-14(15)6-5-12(13)3-1;1-3-2;2*1-2/h1-4,9-11H,5-8H2;3H,1-2H3;2*1-2H3. The number of aromatic nitrogens is 1. The number of hydrogen-bond acceptors (Lipinski definition) is 2. The summed E-state index contributed by atoms with van der Waals surface area (Å²) in [4.78, 5) is 4.23. The zero-order valence-corrected chi connectivity index (χ0v) is 15.8. The molecule has 0 atom stereocenters. The van der Waals surface area contributed by atoms with Crippen LogP contribution in [0.2, 0.25) is 0 Å². The largest absolute Gasteiger partial charge is 0.323 e. The highest BCUT2D eigenvalue weighted by Gasteiger charge is 2.10. The third kappa shape index (κ3) is 7.43. The molecule has 23 heavy (non-hydrogen) atoms. The first-order chi connectivity index (χ1) is 11.3. The van der Waals surface area contributed by atoms with E-state index in [-0.39, 0.29) is 0 Å². The molecule has 1 aromatic carbocycles. The first-order valence-corrected chi connectivity index (χ1v) is 8.92. The maximum absolute atomic E-state index is 4.23. The van der Waals surface area contributed by atoms with E-state index in [0.29, 0.717) is 0 Å². The molecule has 128 valence electrons. The van der Waals surface area contributed by atoms with Crippen molar-refractivity contribution in [2.24, 2.45) is 0 Å². The molecule has 2 nitrogen and oxygen atoms in total.